The molecule has 3 heterocycles. The number of nitrogens with one attached hydrogen (secondary N) is 2. The Bertz CT molecular complexity index is 1640. The second-order valence-corrected chi connectivity index (χ2v) is 19.0. The highest BCUT2D eigenvalue weighted by atomic mass is 16.5. The van der Waals surface area contributed by atoms with Crippen LogP contribution in [-0.4, -0.2) is 57.5 Å². The van der Waals surface area contributed by atoms with Gasteiger partial charge in [0.1, 0.15) is 5.82 Å². The van der Waals surface area contributed by atoms with Crippen molar-refractivity contribution in [1.29, 1.82) is 0 Å². The third-order valence-electron chi connectivity index (χ3n) is 15.7. The maximum Gasteiger partial charge on any atom is 0.306 e. The van der Waals surface area contributed by atoms with E-state index in [1.54, 1.807) is 5.57 Å². The SMILES string of the molecule is CC1(C)CC2C3=C(c4c[nH]c(CN5CCOCC5)c4)CC4C5(C)Cc6c(N)n[nH]c6C(C)(C)C5CCC4(C)C3(C)CCC2[C@H](C(=O)O)C1. The summed E-state index contributed by atoms with van der Waals surface area (Å²) >= 11 is 0. The quantitative estimate of drug-likeness (QED) is 0.271. The van der Waals surface area contributed by atoms with Crippen LogP contribution in [0.4, 0.5) is 5.82 Å². The molecule has 0 radical (unpaired) electrons. The molecule has 2 aromatic rings. The van der Waals surface area contributed by atoms with Crippen molar-refractivity contribution in [3.8, 4) is 0 Å². The highest BCUT2D eigenvalue weighted by Gasteiger charge is 2.68. The highest BCUT2D eigenvalue weighted by Crippen LogP contribution is 2.76. The number of rotatable bonds is 4. The topological polar surface area (TPSA) is 120 Å². The zero-order valence-electron chi connectivity index (χ0n) is 30.5. The summed E-state index contributed by atoms with van der Waals surface area (Å²) in [6.45, 7) is 21.8. The zero-order valence-corrected chi connectivity index (χ0v) is 30.5. The summed E-state index contributed by atoms with van der Waals surface area (Å²) in [4.78, 5) is 19.1. The molecule has 4 fully saturated rings. The van der Waals surface area contributed by atoms with E-state index in [4.69, 9.17) is 10.5 Å². The van der Waals surface area contributed by atoms with E-state index in [-0.39, 0.29) is 38.9 Å². The number of carboxylic acids is 1. The number of allylic oxidation sites excluding steroid dienone is 2. The van der Waals surface area contributed by atoms with Crippen molar-refractivity contribution in [3.05, 3.63) is 40.4 Å². The first-order valence-corrected chi connectivity index (χ1v) is 18.9. The number of ether oxygens (including phenoxy) is 1. The lowest BCUT2D eigenvalue weighted by Crippen LogP contribution is -2.64. The van der Waals surface area contributed by atoms with Crippen LogP contribution in [0.1, 0.15) is 116 Å². The molecule has 5 aliphatic carbocycles. The number of anilines is 1. The molecule has 8 heteroatoms. The number of carbonyl (C=O) groups is 1. The number of aromatic amines is 2. The standard InChI is InChI=1S/C40H59N5O3/c1-36(2)18-27-25(28(19-36)35(46)47)8-10-40(7)32(27)26(23-16-24(42-21-23)22-45-12-14-48-15-13-45)17-31-38(5)20-29-33(43-44-34(29)41)37(3,4)30(38)9-11-39(31,40)6/h16,21,25,27-28,30-31,42H,8-15,17-20,22H2,1-7H3,(H,46,47)(H3,41,43,44)/t25?,27?,28-,30?,31?,38?,39?,40?/m1/s1. The molecule has 2 aromatic heterocycles. The Morgan fingerprint density at radius 1 is 1.06 bits per heavy atom. The number of aromatic nitrogens is 3. The van der Waals surface area contributed by atoms with Crippen LogP contribution in [0.2, 0.25) is 0 Å². The van der Waals surface area contributed by atoms with E-state index in [0.29, 0.717) is 23.6 Å². The zero-order chi connectivity index (χ0) is 34.0. The molecule has 1 saturated heterocycles. The molecule has 0 amide bonds. The van der Waals surface area contributed by atoms with E-state index in [0.717, 1.165) is 71.4 Å². The number of nitrogens with zero attached hydrogens (tertiary/aromatic N) is 2. The lowest BCUT2D eigenvalue weighted by atomic mass is 9.33. The van der Waals surface area contributed by atoms with E-state index >= 15 is 0 Å². The first kappa shape index (κ1) is 32.6. The summed E-state index contributed by atoms with van der Waals surface area (Å²) in [5, 5.41) is 18.5. The van der Waals surface area contributed by atoms with Crippen LogP contribution in [0.25, 0.3) is 5.57 Å². The average molecular weight is 658 g/mol. The van der Waals surface area contributed by atoms with Gasteiger partial charge in [-0.1, -0.05) is 54.0 Å². The third-order valence-corrected chi connectivity index (χ3v) is 15.7. The van der Waals surface area contributed by atoms with Gasteiger partial charge in [0.15, 0.2) is 0 Å². The minimum atomic E-state index is -0.594. The van der Waals surface area contributed by atoms with Gasteiger partial charge in [-0.3, -0.25) is 14.8 Å². The van der Waals surface area contributed by atoms with Crippen molar-refractivity contribution < 1.29 is 14.6 Å². The molecule has 7 unspecified atom stereocenters. The Morgan fingerprint density at radius 3 is 2.54 bits per heavy atom. The molecule has 8 nitrogen and oxygen atoms in total. The van der Waals surface area contributed by atoms with Gasteiger partial charge in [-0.25, -0.2) is 0 Å². The molecule has 3 saturated carbocycles. The van der Waals surface area contributed by atoms with E-state index in [1.165, 1.54) is 40.9 Å². The van der Waals surface area contributed by atoms with Crippen LogP contribution in [0.5, 0.6) is 0 Å². The number of hydrogen-bond donors (Lipinski definition) is 4. The normalized spacial score (nSPS) is 40.3. The first-order valence-electron chi connectivity index (χ1n) is 18.9. The molecule has 8 atom stereocenters. The molecule has 0 bridgehead atoms. The van der Waals surface area contributed by atoms with Gasteiger partial charge in [-0.05, 0) is 114 Å². The molecule has 5 N–H and O–H groups in total. The number of hydrogen-bond acceptors (Lipinski definition) is 5. The monoisotopic (exact) mass is 657 g/mol. The van der Waals surface area contributed by atoms with E-state index in [1.807, 2.05) is 0 Å². The van der Waals surface area contributed by atoms with Crippen molar-refractivity contribution in [2.45, 2.75) is 112 Å². The number of H-pyrrole nitrogens is 2. The minimum absolute atomic E-state index is 0.00905. The van der Waals surface area contributed by atoms with Crippen molar-refractivity contribution >= 4 is 17.4 Å². The van der Waals surface area contributed by atoms with Gasteiger partial charge in [0.25, 0.3) is 0 Å². The fraction of sp³-hybridized carbons (Fsp3) is 0.750. The average Bonchev–Trinajstić information content (AvgIpc) is 3.63. The molecule has 48 heavy (non-hydrogen) atoms. The number of nitrogens with two attached hydrogens (primary N) is 1. The van der Waals surface area contributed by atoms with Crippen molar-refractivity contribution in [1.82, 2.24) is 20.1 Å². The summed E-state index contributed by atoms with van der Waals surface area (Å²) in [5.74, 6) is 1.29. The Kier molecular flexibility index (Phi) is 7.28. The van der Waals surface area contributed by atoms with Gasteiger partial charge in [-0.2, -0.15) is 5.10 Å². The number of nitrogen functional groups attached to an aromatic ring is 1. The predicted octanol–water partition coefficient (Wildman–Crippen LogP) is 7.44. The number of morpholine rings is 1. The van der Waals surface area contributed by atoms with Gasteiger partial charge in [0.2, 0.25) is 0 Å². The largest absolute Gasteiger partial charge is 0.481 e. The molecule has 1 aliphatic heterocycles. The van der Waals surface area contributed by atoms with Gasteiger partial charge in [0.05, 0.1) is 19.1 Å². The van der Waals surface area contributed by atoms with Crippen LogP contribution in [-0.2, 0) is 27.9 Å². The fourth-order valence-corrected chi connectivity index (χ4v) is 13.4. The van der Waals surface area contributed by atoms with Crippen molar-refractivity contribution in [2.24, 2.45) is 51.2 Å². The van der Waals surface area contributed by atoms with Crippen LogP contribution in [0, 0.1) is 51.2 Å². The molecule has 6 aliphatic rings. The second-order valence-electron chi connectivity index (χ2n) is 19.0. The molecular formula is C40H59N5O3. The van der Waals surface area contributed by atoms with E-state index in [9.17, 15) is 9.90 Å². The number of carboxylic acid groups (broad SMARTS) is 1. The van der Waals surface area contributed by atoms with Gasteiger partial charge in [-0.15, -0.1) is 0 Å². The van der Waals surface area contributed by atoms with E-state index < -0.39 is 5.97 Å². The highest BCUT2D eigenvalue weighted by molar-refractivity contribution is 5.75. The fourth-order valence-electron chi connectivity index (χ4n) is 13.4. The summed E-state index contributed by atoms with van der Waals surface area (Å²) < 4.78 is 5.64. The molecule has 262 valence electrons. The van der Waals surface area contributed by atoms with Gasteiger partial charge < -0.3 is 20.6 Å². The van der Waals surface area contributed by atoms with E-state index in [2.05, 4.69) is 80.8 Å². The molecular weight excluding hydrogens is 598 g/mol. The van der Waals surface area contributed by atoms with Crippen LogP contribution in [0.15, 0.2) is 17.8 Å². The molecule has 0 spiro atoms. The van der Waals surface area contributed by atoms with Gasteiger partial charge >= 0.3 is 5.97 Å². The number of aliphatic carboxylic acids is 1. The van der Waals surface area contributed by atoms with Gasteiger partial charge in [0, 0.05) is 48.2 Å². The summed E-state index contributed by atoms with van der Waals surface area (Å²) in [5.41, 5.74) is 14.9. The minimum Gasteiger partial charge on any atom is -0.481 e. The van der Waals surface area contributed by atoms with Crippen LogP contribution < -0.4 is 5.73 Å². The number of fused-ring (bicyclic) bond motifs is 8. The van der Waals surface area contributed by atoms with Crippen LogP contribution >= 0.6 is 0 Å². The van der Waals surface area contributed by atoms with Crippen molar-refractivity contribution in [2.75, 3.05) is 32.0 Å². The van der Waals surface area contributed by atoms with Crippen LogP contribution in [0.3, 0.4) is 0 Å². The first-order chi connectivity index (χ1) is 22.6. The lowest BCUT2D eigenvalue weighted by Gasteiger charge is -2.70. The Morgan fingerprint density at radius 2 is 1.81 bits per heavy atom. The van der Waals surface area contributed by atoms with Crippen molar-refractivity contribution in [3.63, 3.8) is 0 Å². The Hall–Kier alpha value is -2.58. The lowest BCUT2D eigenvalue weighted by molar-refractivity contribution is -0.161. The summed E-state index contributed by atoms with van der Waals surface area (Å²) in [7, 11) is 0. The third kappa shape index (κ3) is 4.52. The molecule has 8 rings (SSSR count). The smallest absolute Gasteiger partial charge is 0.306 e. The maximum atomic E-state index is 12.9. The Balaban J connectivity index is 1.29. The summed E-state index contributed by atoms with van der Waals surface area (Å²) in [6.07, 6.45) is 10.6. The maximum absolute atomic E-state index is 12.9. The Labute approximate surface area is 287 Å². The predicted molar refractivity (Wildman–Crippen MR) is 189 cm³/mol. The molecule has 0 aromatic carbocycles. The summed E-state index contributed by atoms with van der Waals surface area (Å²) in [6, 6.07) is 2.44. The second kappa shape index (κ2) is 10.7.